The number of hydrogen-bond acceptors (Lipinski definition) is 6. The molecular weight excluding hydrogens is 532 g/mol. The molecule has 194 valence electrons. The quantitative estimate of drug-likeness (QED) is 0.513. The first-order valence-electron chi connectivity index (χ1n) is 11.9. The Hall–Kier alpha value is -2.11. The number of carbonyl (C=O) groups is 1. The molecule has 36 heavy (non-hydrogen) atoms. The number of hydroxylamine groups is 2. The molecular formula is C24H26Cl2FN3O5S. The summed E-state index contributed by atoms with van der Waals surface area (Å²) >= 11 is 12.1. The van der Waals surface area contributed by atoms with Crippen molar-refractivity contribution in [1.29, 1.82) is 0 Å². The van der Waals surface area contributed by atoms with Crippen molar-refractivity contribution in [3.63, 3.8) is 0 Å². The van der Waals surface area contributed by atoms with Crippen LogP contribution >= 0.6 is 23.2 Å². The van der Waals surface area contributed by atoms with Crippen LogP contribution in [0.5, 0.6) is 11.5 Å². The molecule has 3 fully saturated rings. The Morgan fingerprint density at radius 2 is 1.72 bits per heavy atom. The molecule has 2 aromatic carbocycles. The van der Waals surface area contributed by atoms with Crippen molar-refractivity contribution < 1.29 is 27.2 Å². The summed E-state index contributed by atoms with van der Waals surface area (Å²) in [5, 5.41) is 2.68. The van der Waals surface area contributed by atoms with E-state index in [2.05, 4.69) is 0 Å². The minimum absolute atomic E-state index is 0.129. The number of halogens is 3. The Morgan fingerprint density at radius 3 is 2.36 bits per heavy atom. The number of ether oxygens (including phenoxy) is 1. The van der Waals surface area contributed by atoms with E-state index in [0.29, 0.717) is 53.3 Å². The zero-order valence-corrected chi connectivity index (χ0v) is 21.7. The number of amides is 1. The number of rotatable bonds is 8. The van der Waals surface area contributed by atoms with Crippen LogP contribution in [0.15, 0.2) is 30.3 Å². The highest BCUT2D eigenvalue weighted by molar-refractivity contribution is 7.87. The fourth-order valence-electron chi connectivity index (χ4n) is 4.31. The van der Waals surface area contributed by atoms with Crippen molar-refractivity contribution in [3.8, 4) is 11.5 Å². The highest BCUT2D eigenvalue weighted by Gasteiger charge is 2.34. The Kier molecular flexibility index (Phi) is 7.33. The van der Waals surface area contributed by atoms with Gasteiger partial charge in [0.1, 0.15) is 17.7 Å². The fraction of sp³-hybridized carbons (Fsp3) is 0.458. The molecule has 12 heteroatoms. The van der Waals surface area contributed by atoms with Crippen LogP contribution in [-0.2, 0) is 10.2 Å². The van der Waals surface area contributed by atoms with E-state index in [0.717, 1.165) is 36.4 Å². The fourth-order valence-corrected chi connectivity index (χ4v) is 6.03. The third-order valence-corrected chi connectivity index (χ3v) is 8.37. The standard InChI is InChI=1S/C24H26Cl2FN3O5S/c25-16-9-17(26)11-19(10-16)34-18-3-1-6-29(14-18)35-23-13-22(27)21(12-20(23)15-4-5-15)24(31)28-36(32,33)30-7-2-8-30/h9-13,15,18H,1-8,14H2,(H,28,31)/t18-/m1/s1. The number of nitrogens with zero attached hydrogens (tertiary/aromatic N) is 2. The third-order valence-electron chi connectivity index (χ3n) is 6.45. The molecule has 0 spiro atoms. The molecule has 1 amide bonds. The Labute approximate surface area is 219 Å². The van der Waals surface area contributed by atoms with Gasteiger partial charge in [0.15, 0.2) is 5.75 Å². The maximum Gasteiger partial charge on any atom is 0.304 e. The molecule has 2 saturated heterocycles. The lowest BCUT2D eigenvalue weighted by Crippen LogP contribution is -2.49. The Bertz CT molecular complexity index is 1250. The molecule has 0 radical (unpaired) electrons. The maximum absolute atomic E-state index is 15.0. The average Bonchev–Trinajstić information content (AvgIpc) is 3.56. The molecule has 2 aliphatic heterocycles. The predicted molar refractivity (Wildman–Crippen MR) is 133 cm³/mol. The lowest BCUT2D eigenvalue weighted by atomic mass is 10.0. The zero-order valence-electron chi connectivity index (χ0n) is 19.4. The van der Waals surface area contributed by atoms with Gasteiger partial charge in [0.05, 0.1) is 12.1 Å². The van der Waals surface area contributed by atoms with Crippen LogP contribution in [0.1, 0.15) is 53.9 Å². The van der Waals surface area contributed by atoms with Gasteiger partial charge in [-0.1, -0.05) is 23.2 Å². The van der Waals surface area contributed by atoms with Gasteiger partial charge in [-0.25, -0.2) is 9.11 Å². The summed E-state index contributed by atoms with van der Waals surface area (Å²) in [6.07, 6.45) is 3.93. The van der Waals surface area contributed by atoms with Crippen molar-refractivity contribution in [2.45, 2.75) is 44.1 Å². The van der Waals surface area contributed by atoms with E-state index in [1.807, 2.05) is 4.72 Å². The summed E-state index contributed by atoms with van der Waals surface area (Å²) in [5.74, 6) is -0.815. The second-order valence-electron chi connectivity index (χ2n) is 9.30. The van der Waals surface area contributed by atoms with E-state index in [1.165, 1.54) is 12.1 Å². The van der Waals surface area contributed by atoms with Crippen molar-refractivity contribution >= 4 is 39.3 Å². The number of carbonyl (C=O) groups excluding carboxylic acids is 1. The van der Waals surface area contributed by atoms with Crippen molar-refractivity contribution in [3.05, 3.63) is 57.3 Å². The van der Waals surface area contributed by atoms with E-state index in [1.54, 1.807) is 23.3 Å². The predicted octanol–water partition coefficient (Wildman–Crippen LogP) is 4.53. The van der Waals surface area contributed by atoms with Crippen LogP contribution in [0.3, 0.4) is 0 Å². The van der Waals surface area contributed by atoms with Crippen LogP contribution in [0.2, 0.25) is 10.0 Å². The first kappa shape index (κ1) is 25.5. The van der Waals surface area contributed by atoms with Gasteiger partial charge < -0.3 is 9.57 Å². The Balaban J connectivity index is 1.30. The lowest BCUT2D eigenvalue weighted by molar-refractivity contribution is -0.101. The van der Waals surface area contributed by atoms with Crippen LogP contribution in [0, 0.1) is 5.82 Å². The van der Waals surface area contributed by atoms with Crippen molar-refractivity contribution in [2.24, 2.45) is 0 Å². The molecule has 0 bridgehead atoms. The van der Waals surface area contributed by atoms with Gasteiger partial charge in [-0.05, 0) is 62.3 Å². The highest BCUT2D eigenvalue weighted by Crippen LogP contribution is 2.45. The molecule has 2 heterocycles. The van der Waals surface area contributed by atoms with Crippen LogP contribution in [0.25, 0.3) is 0 Å². The molecule has 5 rings (SSSR count). The number of piperidine rings is 1. The molecule has 8 nitrogen and oxygen atoms in total. The highest BCUT2D eigenvalue weighted by atomic mass is 35.5. The minimum atomic E-state index is -3.98. The molecule has 2 aromatic rings. The summed E-state index contributed by atoms with van der Waals surface area (Å²) in [5.41, 5.74) is 0.374. The van der Waals surface area contributed by atoms with Gasteiger partial charge in [-0.15, -0.1) is 5.06 Å². The normalized spacial score (nSPS) is 21.0. The van der Waals surface area contributed by atoms with Gasteiger partial charge in [0, 0.05) is 41.3 Å². The second-order valence-corrected chi connectivity index (χ2v) is 11.8. The number of hydrogen-bond donors (Lipinski definition) is 1. The molecule has 0 aromatic heterocycles. The second kappa shape index (κ2) is 10.3. The van der Waals surface area contributed by atoms with Gasteiger partial charge in [0.25, 0.3) is 5.91 Å². The molecule has 1 aliphatic carbocycles. The van der Waals surface area contributed by atoms with Gasteiger partial charge in [0.2, 0.25) is 0 Å². The van der Waals surface area contributed by atoms with E-state index in [9.17, 15) is 13.2 Å². The van der Waals surface area contributed by atoms with E-state index in [-0.39, 0.29) is 17.6 Å². The molecule has 1 saturated carbocycles. The minimum Gasteiger partial charge on any atom is -0.489 e. The van der Waals surface area contributed by atoms with Gasteiger partial charge in [-0.2, -0.15) is 12.7 Å². The molecule has 1 N–H and O–H groups in total. The van der Waals surface area contributed by atoms with Crippen LogP contribution in [-0.4, -0.2) is 56.0 Å². The van der Waals surface area contributed by atoms with Crippen molar-refractivity contribution in [2.75, 3.05) is 26.2 Å². The summed E-state index contributed by atoms with van der Waals surface area (Å²) < 4.78 is 48.7. The van der Waals surface area contributed by atoms with Gasteiger partial charge >= 0.3 is 10.2 Å². The smallest absolute Gasteiger partial charge is 0.304 e. The first-order chi connectivity index (χ1) is 17.2. The largest absolute Gasteiger partial charge is 0.489 e. The van der Waals surface area contributed by atoms with Crippen LogP contribution < -0.4 is 14.3 Å². The van der Waals surface area contributed by atoms with E-state index in [4.69, 9.17) is 32.8 Å². The molecule has 3 aliphatic rings. The SMILES string of the molecule is O=C(NS(=O)(=O)N1CCC1)c1cc(C2CC2)c(ON2CCC[C@@H](Oc3cc(Cl)cc(Cl)c3)C2)cc1F. The number of nitrogens with one attached hydrogen (secondary N) is 1. The van der Waals surface area contributed by atoms with E-state index >= 15 is 4.39 Å². The summed E-state index contributed by atoms with van der Waals surface area (Å²) in [6, 6.07) is 7.60. The molecule has 0 unspecified atom stereocenters. The maximum atomic E-state index is 15.0. The zero-order chi connectivity index (χ0) is 25.4. The third kappa shape index (κ3) is 5.89. The summed E-state index contributed by atoms with van der Waals surface area (Å²) in [4.78, 5) is 18.7. The van der Waals surface area contributed by atoms with Crippen molar-refractivity contribution in [1.82, 2.24) is 14.1 Å². The van der Waals surface area contributed by atoms with Crippen LogP contribution in [0.4, 0.5) is 4.39 Å². The van der Waals surface area contributed by atoms with Gasteiger partial charge in [-0.3, -0.25) is 4.79 Å². The van der Waals surface area contributed by atoms with E-state index < -0.39 is 21.9 Å². The summed E-state index contributed by atoms with van der Waals surface area (Å²) in [7, 11) is -3.98. The summed E-state index contributed by atoms with van der Waals surface area (Å²) in [6.45, 7) is 1.75. The lowest BCUT2D eigenvalue weighted by Gasteiger charge is -2.32. The average molecular weight is 558 g/mol. The Morgan fingerprint density at radius 1 is 1.00 bits per heavy atom. The monoisotopic (exact) mass is 557 g/mol. The topological polar surface area (TPSA) is 88.2 Å². The first-order valence-corrected chi connectivity index (χ1v) is 14.1. The number of benzene rings is 2. The molecule has 1 atom stereocenters.